The van der Waals surface area contributed by atoms with Crippen molar-refractivity contribution in [3.8, 4) is 0 Å². The lowest BCUT2D eigenvalue weighted by Crippen LogP contribution is -2.54. The number of rotatable bonds is 18. The van der Waals surface area contributed by atoms with Crippen molar-refractivity contribution < 1.29 is 33.5 Å². The van der Waals surface area contributed by atoms with E-state index in [0.717, 1.165) is 93.8 Å². The van der Waals surface area contributed by atoms with E-state index >= 15 is 0 Å². The quantitative estimate of drug-likeness (QED) is 0.0956. The topological polar surface area (TPSA) is 203 Å². The van der Waals surface area contributed by atoms with Gasteiger partial charge in [-0.25, -0.2) is 0 Å². The molecule has 1 atom stereocenters. The van der Waals surface area contributed by atoms with Gasteiger partial charge in [-0.05, 0) is 86.4 Å². The number of hydrogen-bond donors (Lipinski definition) is 3. The summed E-state index contributed by atoms with van der Waals surface area (Å²) in [6, 6.07) is 12.7. The third kappa shape index (κ3) is 12.4. The predicted molar refractivity (Wildman–Crippen MR) is 251 cm³/mol. The average Bonchev–Trinajstić information content (AvgIpc) is 3.70. The standard InChI is InChI=1S/C49H63N11O7/c61-44(13-9-36-6-4-20-50-33-36)52-21-2-1-5-35-15-23-59(24-16-35)49(66)41-10-12-43(55-54-41)57-25-17-37(18-26-57)56-27-29-58(30-28-56)46(63)19-31-67-32-22-51-40-8-3-7-38-39(40)34-60(48(38)65)42-11-14-45(62)53-47(42)64/h3-4,6-10,12-13,20,33,35,37,42,51H,1-2,5,11,14-19,21-32,34H2,(H,52,61)(H,53,62,64)/b13-9+. The van der Waals surface area contributed by atoms with E-state index in [1.807, 2.05) is 46.2 Å². The van der Waals surface area contributed by atoms with E-state index in [2.05, 4.69) is 40.9 Å². The Bertz CT molecular complexity index is 2240. The van der Waals surface area contributed by atoms with Crippen molar-refractivity contribution >= 4 is 53.0 Å². The zero-order chi connectivity index (χ0) is 46.5. The summed E-state index contributed by atoms with van der Waals surface area (Å²) in [5.74, 6) is 0.345. The molecule has 0 saturated carbocycles. The number of fused-ring (bicyclic) bond motifs is 1. The van der Waals surface area contributed by atoms with Crippen LogP contribution in [0.25, 0.3) is 6.08 Å². The van der Waals surface area contributed by atoms with E-state index in [-0.39, 0.29) is 36.0 Å². The molecule has 18 nitrogen and oxygen atoms in total. The second-order valence-electron chi connectivity index (χ2n) is 18.1. The Labute approximate surface area is 391 Å². The summed E-state index contributed by atoms with van der Waals surface area (Å²) >= 11 is 0. The summed E-state index contributed by atoms with van der Waals surface area (Å²) in [5.41, 5.74) is 3.46. The molecular weight excluding hydrogens is 855 g/mol. The van der Waals surface area contributed by atoms with Crippen molar-refractivity contribution in [2.24, 2.45) is 5.92 Å². The minimum atomic E-state index is -0.661. The Balaban J connectivity index is 0.661. The molecule has 3 aromatic rings. The van der Waals surface area contributed by atoms with Crippen LogP contribution in [0.2, 0.25) is 0 Å². The van der Waals surface area contributed by atoms with Crippen molar-refractivity contribution in [3.63, 3.8) is 0 Å². The van der Waals surface area contributed by atoms with E-state index in [1.54, 1.807) is 30.6 Å². The van der Waals surface area contributed by atoms with Gasteiger partial charge in [0, 0.05) is 120 Å². The van der Waals surface area contributed by atoms with E-state index in [0.29, 0.717) is 95.1 Å². The summed E-state index contributed by atoms with van der Waals surface area (Å²) in [4.78, 5) is 89.8. The van der Waals surface area contributed by atoms with Gasteiger partial charge in [-0.2, -0.15) is 0 Å². The molecule has 6 amide bonds. The zero-order valence-electron chi connectivity index (χ0n) is 38.3. The highest BCUT2D eigenvalue weighted by molar-refractivity contribution is 6.06. The molecule has 2 aromatic heterocycles. The lowest BCUT2D eigenvalue weighted by Gasteiger charge is -2.43. The number of amides is 6. The number of carbonyl (C=O) groups excluding carboxylic acids is 6. The third-order valence-electron chi connectivity index (χ3n) is 13.8. The Kier molecular flexibility index (Phi) is 16.2. The zero-order valence-corrected chi connectivity index (χ0v) is 38.3. The molecule has 0 radical (unpaired) electrons. The van der Waals surface area contributed by atoms with E-state index in [1.165, 1.54) is 4.90 Å². The monoisotopic (exact) mass is 917 g/mol. The van der Waals surface area contributed by atoms with Crippen LogP contribution < -0.4 is 20.9 Å². The molecule has 0 bridgehead atoms. The summed E-state index contributed by atoms with van der Waals surface area (Å²) < 4.78 is 5.82. The molecule has 1 aromatic carbocycles. The van der Waals surface area contributed by atoms with E-state index in [9.17, 15) is 28.8 Å². The molecule has 1 unspecified atom stereocenters. The number of unbranched alkanes of at least 4 members (excludes halogenated alkanes) is 1. The number of nitrogens with one attached hydrogen (secondary N) is 3. The van der Waals surface area contributed by atoms with Gasteiger partial charge in [0.05, 0.1) is 19.6 Å². The number of carbonyl (C=O) groups is 6. The SMILES string of the molecule is O=C(/C=C/c1cccnc1)NCCCCC1CCN(C(=O)c2ccc(N3CCC(N4CCN(C(=O)CCOCCNc5cccc6c5CN(C5CCC(=O)NC5=O)C6=O)CC4)CC3)nn2)CC1. The number of piperazine rings is 1. The van der Waals surface area contributed by atoms with Crippen LogP contribution in [0.3, 0.4) is 0 Å². The molecule has 0 spiro atoms. The molecule has 4 saturated heterocycles. The molecule has 3 N–H and O–H groups in total. The van der Waals surface area contributed by atoms with Gasteiger partial charge in [-0.15, -0.1) is 10.2 Å². The summed E-state index contributed by atoms with van der Waals surface area (Å²) in [5, 5.41) is 17.5. The minimum Gasteiger partial charge on any atom is -0.382 e. The molecule has 18 heteroatoms. The van der Waals surface area contributed by atoms with Gasteiger partial charge in [-0.1, -0.05) is 25.0 Å². The van der Waals surface area contributed by atoms with Crippen molar-refractivity contribution in [3.05, 3.63) is 83.3 Å². The Morgan fingerprint density at radius 3 is 2.39 bits per heavy atom. The normalized spacial score (nSPS) is 19.8. The van der Waals surface area contributed by atoms with Crippen LogP contribution in [-0.2, 0) is 30.5 Å². The highest BCUT2D eigenvalue weighted by Crippen LogP contribution is 2.32. The van der Waals surface area contributed by atoms with Gasteiger partial charge in [0.1, 0.15) is 6.04 Å². The van der Waals surface area contributed by atoms with Gasteiger partial charge in [0.25, 0.3) is 11.8 Å². The molecule has 356 valence electrons. The first-order valence-corrected chi connectivity index (χ1v) is 24.0. The fraction of sp³-hybridized carbons (Fsp3) is 0.531. The van der Waals surface area contributed by atoms with Crippen LogP contribution in [-0.4, -0.2) is 161 Å². The molecule has 5 aliphatic heterocycles. The van der Waals surface area contributed by atoms with Crippen LogP contribution in [0.4, 0.5) is 11.5 Å². The molecule has 67 heavy (non-hydrogen) atoms. The average molecular weight is 918 g/mol. The lowest BCUT2D eigenvalue weighted by atomic mass is 9.91. The van der Waals surface area contributed by atoms with Crippen molar-refractivity contribution in [1.29, 1.82) is 0 Å². The van der Waals surface area contributed by atoms with Gasteiger partial charge >= 0.3 is 0 Å². The van der Waals surface area contributed by atoms with E-state index < -0.39 is 11.9 Å². The van der Waals surface area contributed by atoms with E-state index in [4.69, 9.17) is 4.74 Å². The number of piperidine rings is 3. The first-order valence-electron chi connectivity index (χ1n) is 24.0. The fourth-order valence-electron chi connectivity index (χ4n) is 9.90. The Morgan fingerprint density at radius 1 is 0.821 bits per heavy atom. The maximum atomic E-state index is 13.3. The number of benzene rings is 1. The predicted octanol–water partition coefficient (Wildman–Crippen LogP) is 3.12. The fourth-order valence-corrected chi connectivity index (χ4v) is 9.90. The molecule has 8 rings (SSSR count). The molecule has 4 fully saturated rings. The second-order valence-corrected chi connectivity index (χ2v) is 18.1. The minimum absolute atomic E-state index is 0.0634. The number of pyridine rings is 1. The molecule has 7 heterocycles. The number of hydrogen-bond acceptors (Lipinski definition) is 13. The molecular formula is C49H63N11O7. The van der Waals surface area contributed by atoms with Gasteiger partial charge < -0.3 is 35.0 Å². The maximum Gasteiger partial charge on any atom is 0.274 e. The van der Waals surface area contributed by atoms with Crippen LogP contribution in [0.1, 0.15) is 96.2 Å². The van der Waals surface area contributed by atoms with Crippen LogP contribution in [0, 0.1) is 5.92 Å². The largest absolute Gasteiger partial charge is 0.382 e. The maximum absolute atomic E-state index is 13.3. The van der Waals surface area contributed by atoms with Crippen molar-refractivity contribution in [2.75, 3.05) is 88.9 Å². The highest BCUT2D eigenvalue weighted by Gasteiger charge is 2.40. The highest BCUT2D eigenvalue weighted by atomic mass is 16.5. The van der Waals surface area contributed by atoms with Crippen LogP contribution in [0.5, 0.6) is 0 Å². The number of likely N-dealkylation sites (tertiary alicyclic amines) is 1. The summed E-state index contributed by atoms with van der Waals surface area (Å²) in [6.45, 7) is 8.36. The lowest BCUT2D eigenvalue weighted by molar-refractivity contribution is -0.137. The summed E-state index contributed by atoms with van der Waals surface area (Å²) in [6.07, 6.45) is 14.5. The first kappa shape index (κ1) is 47.2. The number of imide groups is 1. The van der Waals surface area contributed by atoms with Crippen LogP contribution in [0.15, 0.2) is 60.9 Å². The molecule has 5 aliphatic rings. The van der Waals surface area contributed by atoms with Gasteiger partial charge in [0.2, 0.25) is 23.6 Å². The number of ether oxygens (including phenoxy) is 1. The van der Waals surface area contributed by atoms with Crippen molar-refractivity contribution in [1.82, 2.24) is 45.4 Å². The number of aromatic nitrogens is 3. The Hall–Kier alpha value is -6.27. The van der Waals surface area contributed by atoms with Crippen LogP contribution >= 0.6 is 0 Å². The number of anilines is 2. The van der Waals surface area contributed by atoms with Gasteiger partial charge in [0.15, 0.2) is 11.5 Å². The summed E-state index contributed by atoms with van der Waals surface area (Å²) in [7, 11) is 0. The van der Waals surface area contributed by atoms with Crippen molar-refractivity contribution in [2.45, 2.75) is 82.8 Å². The van der Waals surface area contributed by atoms with Gasteiger partial charge in [-0.3, -0.25) is 44.0 Å². The second kappa shape index (κ2) is 23.0. The smallest absolute Gasteiger partial charge is 0.274 e. The first-order chi connectivity index (χ1) is 32.7. The molecule has 0 aliphatic carbocycles. The Morgan fingerprint density at radius 2 is 1.64 bits per heavy atom. The third-order valence-corrected chi connectivity index (χ3v) is 13.8. The number of nitrogens with zero attached hydrogens (tertiary/aromatic N) is 8.